The summed E-state index contributed by atoms with van der Waals surface area (Å²) in [5.41, 5.74) is 7.70. The first kappa shape index (κ1) is 20.7. The predicted octanol–water partition coefficient (Wildman–Crippen LogP) is 3.86. The summed E-state index contributed by atoms with van der Waals surface area (Å²) in [6.45, 7) is 0.0268. The molecule has 1 unspecified atom stereocenters. The molecular weight excluding hydrogens is 384 g/mol. The third-order valence-electron chi connectivity index (χ3n) is 4.45. The van der Waals surface area contributed by atoms with Crippen molar-refractivity contribution in [1.29, 1.82) is 0 Å². The van der Waals surface area contributed by atoms with E-state index in [-0.39, 0.29) is 12.2 Å². The summed E-state index contributed by atoms with van der Waals surface area (Å²) in [6, 6.07) is 21.5. The van der Waals surface area contributed by atoms with E-state index in [4.69, 9.17) is 5.73 Å². The van der Waals surface area contributed by atoms with Crippen LogP contribution in [0.25, 0.3) is 0 Å². The summed E-state index contributed by atoms with van der Waals surface area (Å²) in [7, 11) is 0. The lowest BCUT2D eigenvalue weighted by Gasteiger charge is -2.24. The summed E-state index contributed by atoms with van der Waals surface area (Å²) in [5.74, 6) is -0.565. The second kappa shape index (κ2) is 9.44. The van der Waals surface area contributed by atoms with Crippen LogP contribution in [0.3, 0.4) is 0 Å². The van der Waals surface area contributed by atoms with Crippen LogP contribution in [-0.4, -0.2) is 21.8 Å². The van der Waals surface area contributed by atoms with Crippen molar-refractivity contribution >= 4 is 23.3 Å². The number of amides is 3. The number of non-ortho nitro benzene ring substituents is 1. The summed E-state index contributed by atoms with van der Waals surface area (Å²) >= 11 is 0. The molecule has 0 radical (unpaired) electrons. The number of benzene rings is 3. The number of nitrogens with one attached hydrogen (secondary N) is 1. The minimum absolute atomic E-state index is 0.0268. The van der Waals surface area contributed by atoms with E-state index in [1.165, 1.54) is 24.3 Å². The Bertz CT molecular complexity index is 1020. The monoisotopic (exact) mass is 404 g/mol. The first-order valence-electron chi connectivity index (χ1n) is 9.17. The first-order chi connectivity index (χ1) is 14.5. The minimum Gasteiger partial charge on any atom is -0.316 e. The van der Waals surface area contributed by atoms with Gasteiger partial charge >= 0.3 is 6.03 Å². The number of imide groups is 1. The highest BCUT2D eigenvalue weighted by molar-refractivity contribution is 6.03. The van der Waals surface area contributed by atoms with Crippen LogP contribution in [0.15, 0.2) is 84.9 Å². The molecule has 8 heteroatoms. The molecule has 0 heterocycles. The summed E-state index contributed by atoms with van der Waals surface area (Å²) < 4.78 is 0. The Hall–Kier alpha value is -4.04. The van der Waals surface area contributed by atoms with Gasteiger partial charge in [-0.25, -0.2) is 4.79 Å². The minimum atomic E-state index is -1.02. The molecule has 0 aliphatic carbocycles. The molecule has 0 saturated carbocycles. The van der Waals surface area contributed by atoms with Gasteiger partial charge in [-0.2, -0.15) is 0 Å². The number of nitro groups is 1. The Labute approximate surface area is 173 Å². The van der Waals surface area contributed by atoms with Gasteiger partial charge in [0.1, 0.15) is 6.04 Å². The zero-order valence-electron chi connectivity index (χ0n) is 16.0. The Balaban J connectivity index is 1.83. The van der Waals surface area contributed by atoms with Gasteiger partial charge in [0, 0.05) is 17.8 Å². The van der Waals surface area contributed by atoms with E-state index in [0.29, 0.717) is 11.3 Å². The normalized spacial score (nSPS) is 11.4. The molecular formula is C22H20N4O4. The topological polar surface area (TPSA) is 119 Å². The lowest BCUT2D eigenvalue weighted by molar-refractivity contribution is -0.384. The van der Waals surface area contributed by atoms with E-state index in [1.54, 1.807) is 36.4 Å². The van der Waals surface area contributed by atoms with Crippen LogP contribution in [-0.2, 0) is 11.3 Å². The standard InChI is InChI=1S/C22H20N4O4/c23-20(17-9-5-2-6-10-17)21(27)25(15-16-7-3-1-4-8-16)22(28)24-18-11-13-19(14-12-18)26(29)30/h1-14,20H,15,23H2,(H,24,28). The number of anilines is 1. The third-order valence-corrected chi connectivity index (χ3v) is 4.45. The largest absolute Gasteiger partial charge is 0.328 e. The Morgan fingerprint density at radius 1 is 0.933 bits per heavy atom. The van der Waals surface area contributed by atoms with Crippen molar-refractivity contribution in [1.82, 2.24) is 4.90 Å². The van der Waals surface area contributed by atoms with Gasteiger partial charge in [0.15, 0.2) is 0 Å². The molecule has 3 rings (SSSR count). The maximum atomic E-state index is 13.1. The van der Waals surface area contributed by atoms with E-state index < -0.39 is 22.9 Å². The molecule has 0 spiro atoms. The second-order valence-corrected chi connectivity index (χ2v) is 6.53. The molecule has 152 valence electrons. The van der Waals surface area contributed by atoms with Crippen LogP contribution >= 0.6 is 0 Å². The Morgan fingerprint density at radius 3 is 2.07 bits per heavy atom. The predicted molar refractivity (Wildman–Crippen MR) is 112 cm³/mol. The Morgan fingerprint density at radius 2 is 1.50 bits per heavy atom. The number of urea groups is 1. The molecule has 8 nitrogen and oxygen atoms in total. The molecule has 0 aliphatic rings. The van der Waals surface area contributed by atoms with Crippen LogP contribution < -0.4 is 11.1 Å². The van der Waals surface area contributed by atoms with Gasteiger partial charge in [-0.1, -0.05) is 60.7 Å². The van der Waals surface area contributed by atoms with Crippen molar-refractivity contribution in [3.8, 4) is 0 Å². The fraction of sp³-hybridized carbons (Fsp3) is 0.0909. The van der Waals surface area contributed by atoms with Gasteiger partial charge < -0.3 is 11.1 Å². The molecule has 0 aliphatic heterocycles. The van der Waals surface area contributed by atoms with Crippen molar-refractivity contribution in [2.75, 3.05) is 5.32 Å². The molecule has 1 atom stereocenters. The highest BCUT2D eigenvalue weighted by atomic mass is 16.6. The molecule has 0 bridgehead atoms. The van der Waals surface area contributed by atoms with E-state index in [2.05, 4.69) is 5.32 Å². The summed E-state index contributed by atoms with van der Waals surface area (Å²) in [5, 5.41) is 13.4. The fourth-order valence-electron chi connectivity index (χ4n) is 2.84. The summed E-state index contributed by atoms with van der Waals surface area (Å²) in [6.07, 6.45) is 0. The van der Waals surface area contributed by atoms with Crippen LogP contribution in [0.1, 0.15) is 17.2 Å². The maximum absolute atomic E-state index is 13.1. The lowest BCUT2D eigenvalue weighted by Crippen LogP contribution is -2.44. The number of nitro benzene ring substituents is 1. The zero-order chi connectivity index (χ0) is 21.5. The van der Waals surface area contributed by atoms with Crippen molar-refractivity contribution in [3.05, 3.63) is 106 Å². The quantitative estimate of drug-likeness (QED) is 0.478. The van der Waals surface area contributed by atoms with Gasteiger partial charge in [0.2, 0.25) is 0 Å². The number of nitrogens with two attached hydrogens (primary N) is 1. The van der Waals surface area contributed by atoms with Crippen molar-refractivity contribution < 1.29 is 14.5 Å². The SMILES string of the molecule is NC(C(=O)N(Cc1ccccc1)C(=O)Nc1ccc([N+](=O)[O-])cc1)c1ccccc1. The van der Waals surface area contributed by atoms with E-state index in [1.807, 2.05) is 24.3 Å². The third kappa shape index (κ3) is 5.06. The Kier molecular flexibility index (Phi) is 6.51. The molecule has 3 aromatic rings. The zero-order valence-corrected chi connectivity index (χ0v) is 16.0. The first-order valence-corrected chi connectivity index (χ1v) is 9.17. The number of rotatable bonds is 6. The van der Waals surface area contributed by atoms with Gasteiger partial charge in [-0.05, 0) is 23.3 Å². The van der Waals surface area contributed by atoms with Crippen LogP contribution in [0.2, 0.25) is 0 Å². The average Bonchev–Trinajstić information content (AvgIpc) is 2.78. The maximum Gasteiger partial charge on any atom is 0.328 e. The highest BCUT2D eigenvalue weighted by Crippen LogP contribution is 2.19. The van der Waals surface area contributed by atoms with Gasteiger partial charge in [0.25, 0.3) is 11.6 Å². The number of hydrogen-bond donors (Lipinski definition) is 2. The van der Waals surface area contributed by atoms with Crippen LogP contribution in [0.5, 0.6) is 0 Å². The second-order valence-electron chi connectivity index (χ2n) is 6.53. The average molecular weight is 404 g/mol. The number of hydrogen-bond acceptors (Lipinski definition) is 5. The molecule has 3 aromatic carbocycles. The molecule has 3 N–H and O–H groups in total. The van der Waals surface area contributed by atoms with Crippen LogP contribution in [0, 0.1) is 10.1 Å². The number of carbonyl (C=O) groups is 2. The molecule has 0 saturated heterocycles. The van der Waals surface area contributed by atoms with Gasteiger partial charge in [0.05, 0.1) is 11.5 Å². The van der Waals surface area contributed by atoms with E-state index in [0.717, 1.165) is 10.5 Å². The van der Waals surface area contributed by atoms with E-state index in [9.17, 15) is 19.7 Å². The van der Waals surface area contributed by atoms with Crippen LogP contribution in [0.4, 0.5) is 16.2 Å². The molecule has 30 heavy (non-hydrogen) atoms. The van der Waals surface area contributed by atoms with Gasteiger partial charge in [-0.15, -0.1) is 0 Å². The smallest absolute Gasteiger partial charge is 0.316 e. The van der Waals surface area contributed by atoms with Crippen molar-refractivity contribution in [2.45, 2.75) is 12.6 Å². The fourth-order valence-corrected chi connectivity index (χ4v) is 2.84. The number of nitrogens with zero attached hydrogens (tertiary/aromatic N) is 2. The lowest BCUT2D eigenvalue weighted by atomic mass is 10.1. The molecule has 0 fully saturated rings. The number of carbonyl (C=O) groups excluding carboxylic acids is 2. The van der Waals surface area contributed by atoms with Crippen molar-refractivity contribution in [2.24, 2.45) is 5.73 Å². The molecule has 0 aromatic heterocycles. The summed E-state index contributed by atoms with van der Waals surface area (Å²) in [4.78, 5) is 37.3. The van der Waals surface area contributed by atoms with Crippen molar-refractivity contribution in [3.63, 3.8) is 0 Å². The molecule has 3 amide bonds. The van der Waals surface area contributed by atoms with E-state index >= 15 is 0 Å². The highest BCUT2D eigenvalue weighted by Gasteiger charge is 2.28. The van der Waals surface area contributed by atoms with Gasteiger partial charge in [-0.3, -0.25) is 19.8 Å².